The number of ether oxygens (including phenoxy) is 3. The molecule has 1 aliphatic heterocycles. The van der Waals surface area contributed by atoms with Gasteiger partial charge in [-0.15, -0.1) is 5.10 Å². The SMILES string of the molecule is COc1ccccc1NC(=O)C1=C(C)Nc2nc(SCc3ccccc3Cl)nn2C1c1ccc(OCc2cccc(C)c2)c(OC)c1. The Kier molecular flexibility index (Phi) is 9.70. The summed E-state index contributed by atoms with van der Waals surface area (Å²) in [5.74, 6) is 2.46. The third-order valence-electron chi connectivity index (χ3n) is 7.73. The Balaban J connectivity index is 1.36. The van der Waals surface area contributed by atoms with Crippen molar-refractivity contribution in [2.75, 3.05) is 24.9 Å². The van der Waals surface area contributed by atoms with Crippen LogP contribution in [-0.4, -0.2) is 34.9 Å². The number of carbonyl (C=O) groups excluding carboxylic acids is 1. The highest BCUT2D eigenvalue weighted by Gasteiger charge is 2.35. The van der Waals surface area contributed by atoms with Crippen LogP contribution in [0.2, 0.25) is 5.02 Å². The average Bonchev–Trinajstić information content (AvgIpc) is 3.48. The molecule has 0 saturated heterocycles. The van der Waals surface area contributed by atoms with Crippen molar-refractivity contribution < 1.29 is 19.0 Å². The smallest absolute Gasteiger partial charge is 0.255 e. The summed E-state index contributed by atoms with van der Waals surface area (Å²) in [6.45, 7) is 4.29. The number of halogens is 1. The number of anilines is 2. The quantitative estimate of drug-likeness (QED) is 0.137. The van der Waals surface area contributed by atoms with Crippen molar-refractivity contribution in [2.24, 2.45) is 0 Å². The number of fused-ring (bicyclic) bond motifs is 1. The Morgan fingerprint density at radius 1 is 0.936 bits per heavy atom. The molecule has 0 aliphatic carbocycles. The monoisotopic (exact) mass is 667 g/mol. The van der Waals surface area contributed by atoms with Crippen LogP contribution in [0.4, 0.5) is 11.6 Å². The average molecular weight is 668 g/mol. The van der Waals surface area contributed by atoms with E-state index in [1.807, 2.05) is 86.6 Å². The number of aryl methyl sites for hydroxylation is 1. The highest BCUT2D eigenvalue weighted by Crippen LogP contribution is 2.41. The maximum atomic E-state index is 14.1. The van der Waals surface area contributed by atoms with Crippen LogP contribution in [0.15, 0.2) is 107 Å². The van der Waals surface area contributed by atoms with Gasteiger partial charge in [0.05, 0.1) is 25.5 Å². The van der Waals surface area contributed by atoms with E-state index in [9.17, 15) is 4.79 Å². The lowest BCUT2D eigenvalue weighted by atomic mass is 9.94. The van der Waals surface area contributed by atoms with Crippen LogP contribution in [0.25, 0.3) is 0 Å². The number of nitrogens with one attached hydrogen (secondary N) is 2. The summed E-state index contributed by atoms with van der Waals surface area (Å²) in [6.07, 6.45) is 0. The number of methoxy groups -OCH3 is 2. The van der Waals surface area contributed by atoms with E-state index in [2.05, 4.69) is 16.7 Å². The summed E-state index contributed by atoms with van der Waals surface area (Å²) in [6, 6.07) is 28.2. The molecule has 0 radical (unpaired) electrons. The van der Waals surface area contributed by atoms with Crippen LogP contribution in [0.1, 0.15) is 35.2 Å². The van der Waals surface area contributed by atoms with Gasteiger partial charge in [-0.1, -0.05) is 89.6 Å². The molecule has 1 unspecified atom stereocenters. The van der Waals surface area contributed by atoms with Crippen molar-refractivity contribution in [3.63, 3.8) is 0 Å². The number of aromatic nitrogens is 3. The molecule has 2 N–H and O–H groups in total. The van der Waals surface area contributed by atoms with Crippen molar-refractivity contribution in [1.29, 1.82) is 0 Å². The summed E-state index contributed by atoms with van der Waals surface area (Å²) in [5, 5.41) is 12.4. The first-order valence-corrected chi connectivity index (χ1v) is 16.3. The number of hydrogen-bond donors (Lipinski definition) is 2. The zero-order valence-corrected chi connectivity index (χ0v) is 28.0. The van der Waals surface area contributed by atoms with Crippen molar-refractivity contribution in [2.45, 2.75) is 37.4 Å². The lowest BCUT2D eigenvalue weighted by Crippen LogP contribution is -2.31. The number of nitrogens with zero attached hydrogens (tertiary/aromatic N) is 3. The number of hydrogen-bond acceptors (Lipinski definition) is 8. The van der Waals surface area contributed by atoms with Gasteiger partial charge in [-0.2, -0.15) is 4.98 Å². The second kappa shape index (κ2) is 14.2. The fraction of sp³-hybridized carbons (Fsp3) is 0.194. The third kappa shape index (κ3) is 7.08. The van der Waals surface area contributed by atoms with Gasteiger partial charge in [-0.3, -0.25) is 4.79 Å². The third-order valence-corrected chi connectivity index (χ3v) is 8.98. The molecule has 5 aromatic rings. The van der Waals surface area contributed by atoms with E-state index >= 15 is 0 Å². The normalized spacial score (nSPS) is 13.9. The number of amides is 1. The Labute approximate surface area is 282 Å². The molecule has 0 bridgehead atoms. The van der Waals surface area contributed by atoms with E-state index in [1.54, 1.807) is 31.0 Å². The predicted octanol–water partition coefficient (Wildman–Crippen LogP) is 8.06. The Morgan fingerprint density at radius 3 is 2.51 bits per heavy atom. The summed E-state index contributed by atoms with van der Waals surface area (Å²) >= 11 is 7.87. The molecule has 2 heterocycles. The van der Waals surface area contributed by atoms with Crippen molar-refractivity contribution in [1.82, 2.24) is 14.8 Å². The van der Waals surface area contributed by atoms with Crippen LogP contribution < -0.4 is 24.8 Å². The molecule has 0 spiro atoms. The van der Waals surface area contributed by atoms with Gasteiger partial charge < -0.3 is 24.8 Å². The number of rotatable bonds is 11. The summed E-state index contributed by atoms with van der Waals surface area (Å²) < 4.78 is 19.2. The molecule has 1 amide bonds. The van der Waals surface area contributed by atoms with E-state index in [-0.39, 0.29) is 5.91 Å². The number of allylic oxidation sites excluding steroid dienone is 1. The van der Waals surface area contributed by atoms with Crippen LogP contribution in [0.3, 0.4) is 0 Å². The lowest BCUT2D eigenvalue weighted by molar-refractivity contribution is -0.113. The minimum absolute atomic E-state index is 0.310. The number of para-hydroxylation sites is 2. The Hall–Kier alpha value is -4.93. The van der Waals surface area contributed by atoms with Gasteiger partial charge in [0.2, 0.25) is 11.1 Å². The molecule has 1 aromatic heterocycles. The predicted molar refractivity (Wildman–Crippen MR) is 186 cm³/mol. The highest BCUT2D eigenvalue weighted by atomic mass is 35.5. The molecule has 9 nitrogen and oxygen atoms in total. The molecular weight excluding hydrogens is 634 g/mol. The number of thioether (sulfide) groups is 1. The molecular formula is C36H34ClN5O4S. The molecule has 47 heavy (non-hydrogen) atoms. The van der Waals surface area contributed by atoms with E-state index in [1.165, 1.54) is 11.8 Å². The van der Waals surface area contributed by atoms with Crippen molar-refractivity contribution in [3.05, 3.63) is 130 Å². The van der Waals surface area contributed by atoms with Crippen LogP contribution in [-0.2, 0) is 17.2 Å². The molecule has 0 fully saturated rings. The van der Waals surface area contributed by atoms with Gasteiger partial charge in [0, 0.05) is 16.5 Å². The van der Waals surface area contributed by atoms with Crippen molar-refractivity contribution in [3.8, 4) is 17.2 Å². The second-order valence-electron chi connectivity index (χ2n) is 11.0. The number of benzene rings is 4. The number of carbonyl (C=O) groups is 1. The van der Waals surface area contributed by atoms with Gasteiger partial charge in [-0.05, 0) is 60.9 Å². The first kappa shape index (κ1) is 32.0. The van der Waals surface area contributed by atoms with E-state index in [4.69, 9.17) is 35.9 Å². The zero-order chi connectivity index (χ0) is 32.9. The molecule has 1 aliphatic rings. The van der Waals surface area contributed by atoms with Crippen molar-refractivity contribution >= 4 is 40.9 Å². The minimum Gasteiger partial charge on any atom is -0.495 e. The first-order valence-electron chi connectivity index (χ1n) is 15.0. The topological polar surface area (TPSA) is 99.5 Å². The zero-order valence-electron chi connectivity index (χ0n) is 26.4. The Bertz CT molecular complexity index is 1960. The minimum atomic E-state index is -0.636. The first-order chi connectivity index (χ1) is 22.8. The van der Waals surface area contributed by atoms with Gasteiger partial charge >= 0.3 is 0 Å². The van der Waals surface area contributed by atoms with Gasteiger partial charge in [0.1, 0.15) is 18.4 Å². The van der Waals surface area contributed by atoms with Crippen LogP contribution in [0, 0.1) is 6.92 Å². The largest absolute Gasteiger partial charge is 0.495 e. The molecule has 240 valence electrons. The molecule has 4 aromatic carbocycles. The molecule has 11 heteroatoms. The standard InChI is InChI=1S/C36H34ClN5O4S/c1-22-10-9-11-24(18-22)20-46-30-17-16-25(19-31(30)45-4)33-32(34(43)39-28-14-7-8-15-29(28)44-3)23(2)38-35-40-36(41-42(33)35)47-21-26-12-5-6-13-27(26)37/h5-19,33H,20-21H2,1-4H3,(H,39,43)(H,38,40,41). The van der Waals surface area contributed by atoms with E-state index in [0.717, 1.165) is 22.3 Å². The van der Waals surface area contributed by atoms with E-state index < -0.39 is 6.04 Å². The maximum Gasteiger partial charge on any atom is 0.255 e. The van der Waals surface area contributed by atoms with Crippen LogP contribution >= 0.6 is 23.4 Å². The van der Waals surface area contributed by atoms with Gasteiger partial charge in [0.25, 0.3) is 5.91 Å². The molecule has 0 saturated carbocycles. The Morgan fingerprint density at radius 2 is 1.72 bits per heavy atom. The summed E-state index contributed by atoms with van der Waals surface area (Å²) in [7, 11) is 3.17. The molecule has 1 atom stereocenters. The van der Waals surface area contributed by atoms with E-state index in [0.29, 0.717) is 62.7 Å². The molecule has 6 rings (SSSR count). The summed E-state index contributed by atoms with van der Waals surface area (Å²) in [4.78, 5) is 18.9. The fourth-order valence-corrected chi connectivity index (χ4v) is 6.54. The maximum absolute atomic E-state index is 14.1. The second-order valence-corrected chi connectivity index (χ2v) is 12.3. The highest BCUT2D eigenvalue weighted by molar-refractivity contribution is 7.98. The van der Waals surface area contributed by atoms with Gasteiger partial charge in [-0.25, -0.2) is 4.68 Å². The lowest BCUT2D eigenvalue weighted by Gasteiger charge is -2.29. The van der Waals surface area contributed by atoms with Gasteiger partial charge in [0.15, 0.2) is 11.5 Å². The fourth-order valence-electron chi connectivity index (χ4n) is 5.43. The van der Waals surface area contributed by atoms with Crippen LogP contribution in [0.5, 0.6) is 17.2 Å². The summed E-state index contributed by atoms with van der Waals surface area (Å²) in [5.41, 5.74) is 5.62.